The molecule has 1 aliphatic heterocycles. The van der Waals surface area contributed by atoms with Crippen molar-refractivity contribution in [3.05, 3.63) is 59.7 Å². The van der Waals surface area contributed by atoms with E-state index in [1.54, 1.807) is 0 Å². The van der Waals surface area contributed by atoms with Gasteiger partial charge >= 0.3 is 0 Å². The van der Waals surface area contributed by atoms with E-state index in [1.165, 1.54) is 28.9 Å². The van der Waals surface area contributed by atoms with Crippen molar-refractivity contribution in [2.24, 2.45) is 0 Å². The van der Waals surface area contributed by atoms with Gasteiger partial charge in [-0.3, -0.25) is 0 Å². The van der Waals surface area contributed by atoms with Crippen LogP contribution in [0.2, 0.25) is 0 Å². The number of anilines is 2. The number of fused-ring (bicyclic) bond motifs is 1. The van der Waals surface area contributed by atoms with Crippen molar-refractivity contribution >= 4 is 11.4 Å². The second kappa shape index (κ2) is 6.21. The van der Waals surface area contributed by atoms with Gasteiger partial charge in [0, 0.05) is 19.6 Å². The Hall–Kier alpha value is -1.96. The van der Waals surface area contributed by atoms with Crippen LogP contribution in [-0.4, -0.2) is 13.1 Å². The fourth-order valence-corrected chi connectivity index (χ4v) is 2.90. The lowest BCUT2D eigenvalue weighted by Gasteiger charge is -2.24. The fourth-order valence-electron chi connectivity index (χ4n) is 2.90. The molecule has 2 heteroatoms. The lowest BCUT2D eigenvalue weighted by atomic mass is 10.0. The maximum atomic E-state index is 3.52. The first kappa shape index (κ1) is 14.0. The molecule has 2 aromatic rings. The molecule has 0 aromatic heterocycles. The molecule has 0 fully saturated rings. The van der Waals surface area contributed by atoms with E-state index in [2.05, 4.69) is 72.6 Å². The smallest absolute Gasteiger partial charge is 0.0605 e. The van der Waals surface area contributed by atoms with Crippen LogP contribution in [0.3, 0.4) is 0 Å². The summed E-state index contributed by atoms with van der Waals surface area (Å²) in [5.74, 6) is 0.599. The van der Waals surface area contributed by atoms with Gasteiger partial charge in [0.1, 0.15) is 0 Å². The molecule has 0 radical (unpaired) electrons. The van der Waals surface area contributed by atoms with E-state index in [0.29, 0.717) is 5.92 Å². The number of benzene rings is 2. The van der Waals surface area contributed by atoms with Crippen LogP contribution in [0.4, 0.5) is 11.4 Å². The van der Waals surface area contributed by atoms with E-state index >= 15 is 0 Å². The quantitative estimate of drug-likeness (QED) is 0.881. The van der Waals surface area contributed by atoms with E-state index < -0.39 is 0 Å². The molecule has 0 unspecified atom stereocenters. The van der Waals surface area contributed by atoms with Gasteiger partial charge < -0.3 is 10.2 Å². The summed E-state index contributed by atoms with van der Waals surface area (Å²) in [6.07, 6.45) is 1.18. The minimum Gasteiger partial charge on any atom is -0.383 e. The van der Waals surface area contributed by atoms with Crippen LogP contribution in [0.15, 0.2) is 48.5 Å². The monoisotopic (exact) mass is 280 g/mol. The summed E-state index contributed by atoms with van der Waals surface area (Å²) >= 11 is 0. The maximum Gasteiger partial charge on any atom is 0.0605 e. The lowest BCUT2D eigenvalue weighted by Crippen LogP contribution is -2.23. The first-order valence-corrected chi connectivity index (χ1v) is 7.91. The van der Waals surface area contributed by atoms with Crippen molar-refractivity contribution in [3.63, 3.8) is 0 Å². The molecule has 3 rings (SSSR count). The minimum absolute atomic E-state index is 0.599. The van der Waals surface area contributed by atoms with Crippen LogP contribution in [0, 0.1) is 0 Å². The maximum absolute atomic E-state index is 3.52. The van der Waals surface area contributed by atoms with Gasteiger partial charge in [-0.2, -0.15) is 0 Å². The van der Waals surface area contributed by atoms with Crippen molar-refractivity contribution in [3.8, 4) is 0 Å². The summed E-state index contributed by atoms with van der Waals surface area (Å²) in [5.41, 5.74) is 5.38. The predicted molar refractivity (Wildman–Crippen MR) is 91.1 cm³/mol. The molecule has 0 bridgehead atoms. The van der Waals surface area contributed by atoms with Crippen LogP contribution in [0.25, 0.3) is 0 Å². The van der Waals surface area contributed by atoms with E-state index in [9.17, 15) is 0 Å². The molecule has 0 atom stereocenters. The molecule has 1 aliphatic rings. The first-order chi connectivity index (χ1) is 10.2. The van der Waals surface area contributed by atoms with E-state index in [1.807, 2.05) is 0 Å². The average Bonchev–Trinajstić information content (AvgIpc) is 2.71. The van der Waals surface area contributed by atoms with Crippen LogP contribution >= 0.6 is 0 Å². The number of nitrogens with one attached hydrogen (secondary N) is 1. The highest BCUT2D eigenvalue weighted by atomic mass is 15.2. The molecular formula is C19H24N2. The largest absolute Gasteiger partial charge is 0.383 e. The number of hydrogen-bond donors (Lipinski definition) is 1. The highest BCUT2D eigenvalue weighted by molar-refractivity contribution is 5.70. The molecule has 0 saturated heterocycles. The Labute approximate surface area is 127 Å². The summed E-state index contributed by atoms with van der Waals surface area (Å²) in [4.78, 5) is 2.49. The molecule has 1 heterocycles. The number of rotatable bonds is 3. The predicted octanol–water partition coefficient (Wildman–Crippen LogP) is 4.63. The summed E-state index contributed by atoms with van der Waals surface area (Å²) in [7, 11) is 0. The average molecular weight is 280 g/mol. The third-order valence-electron chi connectivity index (χ3n) is 4.18. The van der Waals surface area contributed by atoms with Crippen molar-refractivity contribution < 1.29 is 0 Å². The van der Waals surface area contributed by atoms with Gasteiger partial charge in [-0.1, -0.05) is 50.2 Å². The summed E-state index contributed by atoms with van der Waals surface area (Å²) in [6, 6.07) is 17.7. The molecule has 2 aromatic carbocycles. The second-order valence-electron chi connectivity index (χ2n) is 6.12. The molecule has 2 nitrogen and oxygen atoms in total. The highest BCUT2D eigenvalue weighted by Crippen LogP contribution is 2.29. The Morgan fingerprint density at radius 2 is 1.81 bits per heavy atom. The molecule has 110 valence electrons. The Morgan fingerprint density at radius 1 is 1.05 bits per heavy atom. The van der Waals surface area contributed by atoms with Gasteiger partial charge in [0.25, 0.3) is 0 Å². The van der Waals surface area contributed by atoms with Crippen LogP contribution in [0.1, 0.15) is 37.3 Å². The van der Waals surface area contributed by atoms with Crippen LogP contribution < -0.4 is 10.2 Å². The third-order valence-corrected chi connectivity index (χ3v) is 4.18. The lowest BCUT2D eigenvalue weighted by molar-refractivity contribution is 0.763. The van der Waals surface area contributed by atoms with Gasteiger partial charge in [0.15, 0.2) is 0 Å². The Kier molecular flexibility index (Phi) is 4.14. The highest BCUT2D eigenvalue weighted by Gasteiger charge is 2.14. The van der Waals surface area contributed by atoms with Gasteiger partial charge in [0.2, 0.25) is 0 Å². The summed E-state index contributed by atoms with van der Waals surface area (Å²) in [6.45, 7) is 7.63. The Bertz CT molecular complexity index is 587. The standard InChI is InChI=1S/C19H24N2/c1-15(2)17-10-8-16(9-11-17)14-21-13-5-12-20-18-6-3-4-7-19(18)21/h3-4,6-11,15,20H,5,12-14H2,1-2H3. The zero-order chi connectivity index (χ0) is 14.7. The van der Waals surface area contributed by atoms with E-state index in [-0.39, 0.29) is 0 Å². The third kappa shape index (κ3) is 3.21. The van der Waals surface area contributed by atoms with Gasteiger partial charge in [-0.05, 0) is 35.6 Å². The Balaban J connectivity index is 1.81. The van der Waals surface area contributed by atoms with E-state index in [0.717, 1.165) is 19.6 Å². The summed E-state index contributed by atoms with van der Waals surface area (Å²) in [5, 5.41) is 3.52. The topological polar surface area (TPSA) is 15.3 Å². The van der Waals surface area contributed by atoms with E-state index in [4.69, 9.17) is 0 Å². The molecule has 0 amide bonds. The fraction of sp³-hybridized carbons (Fsp3) is 0.368. The zero-order valence-electron chi connectivity index (χ0n) is 13.0. The van der Waals surface area contributed by atoms with Crippen molar-refractivity contribution in [2.75, 3.05) is 23.3 Å². The van der Waals surface area contributed by atoms with Crippen LogP contribution in [-0.2, 0) is 6.54 Å². The molecule has 0 saturated carbocycles. The SMILES string of the molecule is CC(C)c1ccc(CN2CCCNc3ccccc32)cc1. The summed E-state index contributed by atoms with van der Waals surface area (Å²) < 4.78 is 0. The van der Waals surface area contributed by atoms with Gasteiger partial charge in [0.05, 0.1) is 11.4 Å². The van der Waals surface area contributed by atoms with Crippen molar-refractivity contribution in [1.29, 1.82) is 0 Å². The van der Waals surface area contributed by atoms with Gasteiger partial charge in [-0.25, -0.2) is 0 Å². The van der Waals surface area contributed by atoms with Crippen LogP contribution in [0.5, 0.6) is 0 Å². The number of hydrogen-bond acceptors (Lipinski definition) is 2. The molecule has 0 aliphatic carbocycles. The van der Waals surface area contributed by atoms with Gasteiger partial charge in [-0.15, -0.1) is 0 Å². The minimum atomic E-state index is 0.599. The number of para-hydroxylation sites is 2. The normalized spacial score (nSPS) is 14.5. The zero-order valence-corrected chi connectivity index (χ0v) is 13.0. The number of nitrogens with zero attached hydrogens (tertiary/aromatic N) is 1. The second-order valence-corrected chi connectivity index (χ2v) is 6.12. The Morgan fingerprint density at radius 3 is 2.57 bits per heavy atom. The molecule has 21 heavy (non-hydrogen) atoms. The molecule has 0 spiro atoms. The first-order valence-electron chi connectivity index (χ1n) is 7.91. The molecule has 1 N–H and O–H groups in total. The van der Waals surface area contributed by atoms with Crippen molar-refractivity contribution in [2.45, 2.75) is 32.7 Å². The molecular weight excluding hydrogens is 256 g/mol. The van der Waals surface area contributed by atoms with Crippen molar-refractivity contribution in [1.82, 2.24) is 0 Å².